The SMILES string of the molecule is Cc1ccccc1C(=O)NCC(=O)NCCCN(C)Cc1ccccc1. The van der Waals surface area contributed by atoms with E-state index in [1.54, 1.807) is 6.07 Å². The first kappa shape index (κ1) is 19.7. The molecule has 0 aliphatic heterocycles. The molecule has 2 rings (SSSR count). The number of hydrogen-bond donors (Lipinski definition) is 2. The average Bonchev–Trinajstić information content (AvgIpc) is 2.64. The van der Waals surface area contributed by atoms with Gasteiger partial charge in [-0.3, -0.25) is 9.59 Å². The van der Waals surface area contributed by atoms with Crippen LogP contribution in [0.5, 0.6) is 0 Å². The lowest BCUT2D eigenvalue weighted by atomic mass is 10.1. The maximum atomic E-state index is 12.1. The lowest BCUT2D eigenvalue weighted by molar-refractivity contribution is -0.120. The van der Waals surface area contributed by atoms with Gasteiger partial charge in [-0.1, -0.05) is 48.5 Å². The van der Waals surface area contributed by atoms with Gasteiger partial charge in [0, 0.05) is 18.7 Å². The van der Waals surface area contributed by atoms with E-state index in [9.17, 15) is 9.59 Å². The van der Waals surface area contributed by atoms with Gasteiger partial charge in [-0.25, -0.2) is 0 Å². The summed E-state index contributed by atoms with van der Waals surface area (Å²) in [7, 11) is 2.07. The number of carbonyl (C=O) groups is 2. The number of carbonyl (C=O) groups excluding carboxylic acids is 2. The zero-order valence-electron chi connectivity index (χ0n) is 15.5. The highest BCUT2D eigenvalue weighted by Gasteiger charge is 2.09. The molecule has 0 aromatic heterocycles. The van der Waals surface area contributed by atoms with Gasteiger partial charge in [0.25, 0.3) is 5.91 Å². The Bertz CT molecular complexity index is 716. The second-order valence-electron chi connectivity index (χ2n) is 6.42. The third-order valence-corrected chi connectivity index (χ3v) is 4.13. The average molecular weight is 353 g/mol. The molecule has 0 heterocycles. The van der Waals surface area contributed by atoms with E-state index in [0.29, 0.717) is 12.1 Å². The molecule has 0 fully saturated rings. The van der Waals surface area contributed by atoms with E-state index in [-0.39, 0.29) is 18.4 Å². The van der Waals surface area contributed by atoms with Crippen LogP contribution in [0.2, 0.25) is 0 Å². The Morgan fingerprint density at radius 2 is 1.65 bits per heavy atom. The lowest BCUT2D eigenvalue weighted by Crippen LogP contribution is -2.38. The Balaban J connectivity index is 1.60. The van der Waals surface area contributed by atoms with Crippen LogP contribution in [-0.2, 0) is 11.3 Å². The van der Waals surface area contributed by atoms with E-state index in [2.05, 4.69) is 34.7 Å². The minimum absolute atomic E-state index is 0.00692. The molecule has 2 amide bonds. The summed E-state index contributed by atoms with van der Waals surface area (Å²) in [6.45, 7) is 4.25. The number of nitrogens with zero attached hydrogens (tertiary/aromatic N) is 1. The first-order valence-corrected chi connectivity index (χ1v) is 8.89. The van der Waals surface area contributed by atoms with Crippen molar-refractivity contribution in [1.82, 2.24) is 15.5 Å². The molecule has 0 radical (unpaired) electrons. The fourth-order valence-corrected chi connectivity index (χ4v) is 2.70. The van der Waals surface area contributed by atoms with Crippen molar-refractivity contribution < 1.29 is 9.59 Å². The quantitative estimate of drug-likeness (QED) is 0.681. The number of aryl methyl sites for hydroxylation is 1. The Hall–Kier alpha value is -2.66. The second-order valence-corrected chi connectivity index (χ2v) is 6.42. The number of nitrogens with one attached hydrogen (secondary N) is 2. The molecule has 138 valence electrons. The van der Waals surface area contributed by atoms with Crippen molar-refractivity contribution in [2.45, 2.75) is 19.9 Å². The zero-order chi connectivity index (χ0) is 18.8. The van der Waals surface area contributed by atoms with Gasteiger partial charge in [-0.15, -0.1) is 0 Å². The summed E-state index contributed by atoms with van der Waals surface area (Å²) in [5.41, 5.74) is 2.77. The van der Waals surface area contributed by atoms with E-state index in [1.165, 1.54) is 5.56 Å². The number of amides is 2. The molecule has 0 saturated heterocycles. The van der Waals surface area contributed by atoms with Crippen LogP contribution in [0, 0.1) is 6.92 Å². The van der Waals surface area contributed by atoms with Crippen LogP contribution in [-0.4, -0.2) is 43.4 Å². The van der Waals surface area contributed by atoms with Crippen molar-refractivity contribution >= 4 is 11.8 Å². The van der Waals surface area contributed by atoms with Crippen LogP contribution in [0.3, 0.4) is 0 Å². The van der Waals surface area contributed by atoms with Crippen molar-refractivity contribution in [3.05, 3.63) is 71.3 Å². The number of benzene rings is 2. The maximum Gasteiger partial charge on any atom is 0.251 e. The summed E-state index contributed by atoms with van der Waals surface area (Å²) < 4.78 is 0. The van der Waals surface area contributed by atoms with Gasteiger partial charge in [-0.2, -0.15) is 0 Å². The van der Waals surface area contributed by atoms with Gasteiger partial charge in [-0.05, 0) is 44.1 Å². The summed E-state index contributed by atoms with van der Waals surface area (Å²) in [6, 6.07) is 17.6. The fourth-order valence-electron chi connectivity index (χ4n) is 2.70. The molecule has 2 N–H and O–H groups in total. The van der Waals surface area contributed by atoms with Crippen LogP contribution in [0.1, 0.15) is 27.9 Å². The minimum atomic E-state index is -0.221. The Morgan fingerprint density at radius 3 is 2.38 bits per heavy atom. The molecule has 0 saturated carbocycles. The smallest absolute Gasteiger partial charge is 0.251 e. The first-order valence-electron chi connectivity index (χ1n) is 8.89. The molecular formula is C21H27N3O2. The third kappa shape index (κ3) is 6.69. The molecule has 5 heteroatoms. The number of hydrogen-bond acceptors (Lipinski definition) is 3. The molecular weight excluding hydrogens is 326 g/mol. The molecule has 0 atom stereocenters. The topological polar surface area (TPSA) is 61.4 Å². The molecule has 5 nitrogen and oxygen atoms in total. The van der Waals surface area contributed by atoms with E-state index in [0.717, 1.165) is 25.1 Å². The lowest BCUT2D eigenvalue weighted by Gasteiger charge is -2.16. The van der Waals surface area contributed by atoms with Crippen LogP contribution < -0.4 is 10.6 Å². The second kappa shape index (κ2) is 10.4. The van der Waals surface area contributed by atoms with Crippen molar-refractivity contribution in [3.8, 4) is 0 Å². The van der Waals surface area contributed by atoms with Gasteiger partial charge in [0.15, 0.2) is 0 Å². The fraction of sp³-hybridized carbons (Fsp3) is 0.333. The highest BCUT2D eigenvalue weighted by atomic mass is 16.2. The van der Waals surface area contributed by atoms with E-state index in [4.69, 9.17) is 0 Å². The Labute approximate surface area is 155 Å². The molecule has 26 heavy (non-hydrogen) atoms. The summed E-state index contributed by atoms with van der Waals surface area (Å²) >= 11 is 0. The summed E-state index contributed by atoms with van der Waals surface area (Å²) in [6.07, 6.45) is 0.862. The largest absolute Gasteiger partial charge is 0.355 e. The van der Waals surface area contributed by atoms with Gasteiger partial charge < -0.3 is 15.5 Å². The summed E-state index contributed by atoms with van der Waals surface area (Å²) in [5, 5.41) is 5.50. The highest BCUT2D eigenvalue weighted by Crippen LogP contribution is 2.06. The van der Waals surface area contributed by atoms with Crippen molar-refractivity contribution in [1.29, 1.82) is 0 Å². The predicted molar refractivity (Wildman–Crippen MR) is 104 cm³/mol. The van der Waals surface area contributed by atoms with Crippen molar-refractivity contribution in [3.63, 3.8) is 0 Å². The van der Waals surface area contributed by atoms with Gasteiger partial charge in [0.1, 0.15) is 0 Å². The maximum absolute atomic E-state index is 12.1. The van der Waals surface area contributed by atoms with E-state index < -0.39 is 0 Å². The Kier molecular flexibility index (Phi) is 7.83. The monoisotopic (exact) mass is 353 g/mol. The summed E-state index contributed by atoms with van der Waals surface area (Å²) in [4.78, 5) is 26.1. The summed E-state index contributed by atoms with van der Waals surface area (Å²) in [5.74, 6) is -0.390. The molecule has 0 bridgehead atoms. The zero-order valence-corrected chi connectivity index (χ0v) is 15.5. The molecule has 0 spiro atoms. The number of rotatable bonds is 9. The highest BCUT2D eigenvalue weighted by molar-refractivity contribution is 5.97. The molecule has 0 aliphatic rings. The van der Waals surface area contributed by atoms with Gasteiger partial charge in [0.05, 0.1) is 6.54 Å². The standard InChI is InChI=1S/C21H27N3O2/c1-17-9-6-7-12-19(17)21(26)23-15-20(25)22-13-8-14-24(2)16-18-10-4-3-5-11-18/h3-7,9-12H,8,13-16H2,1-2H3,(H,22,25)(H,23,26). The molecule has 2 aromatic carbocycles. The van der Waals surface area contributed by atoms with Gasteiger partial charge >= 0.3 is 0 Å². The van der Waals surface area contributed by atoms with Crippen molar-refractivity contribution in [2.75, 3.05) is 26.7 Å². The molecule has 2 aromatic rings. The third-order valence-electron chi connectivity index (χ3n) is 4.13. The Morgan fingerprint density at radius 1 is 0.962 bits per heavy atom. The van der Waals surface area contributed by atoms with Crippen LogP contribution in [0.15, 0.2) is 54.6 Å². The van der Waals surface area contributed by atoms with Crippen LogP contribution in [0.4, 0.5) is 0 Å². The van der Waals surface area contributed by atoms with Crippen LogP contribution in [0.25, 0.3) is 0 Å². The molecule has 0 aliphatic carbocycles. The van der Waals surface area contributed by atoms with Crippen LogP contribution >= 0.6 is 0 Å². The van der Waals surface area contributed by atoms with E-state index in [1.807, 2.05) is 43.3 Å². The first-order chi connectivity index (χ1) is 12.6. The minimum Gasteiger partial charge on any atom is -0.355 e. The molecule has 0 unspecified atom stereocenters. The van der Waals surface area contributed by atoms with E-state index >= 15 is 0 Å². The predicted octanol–water partition coefficient (Wildman–Crippen LogP) is 2.36. The van der Waals surface area contributed by atoms with Gasteiger partial charge in [0.2, 0.25) is 5.91 Å². The normalized spacial score (nSPS) is 10.6. The van der Waals surface area contributed by atoms with Crippen molar-refractivity contribution in [2.24, 2.45) is 0 Å².